The number of ether oxygens (including phenoxy) is 3. The van der Waals surface area contributed by atoms with E-state index in [1.807, 2.05) is 18.2 Å². The number of halogens is 2. The van der Waals surface area contributed by atoms with Crippen LogP contribution in [-0.4, -0.2) is 49.4 Å². The first kappa shape index (κ1) is 31.7. The third-order valence-electron chi connectivity index (χ3n) is 6.59. The largest absolute Gasteiger partial charge is 0.496 e. The zero-order valence-corrected chi connectivity index (χ0v) is 24.3. The predicted octanol–water partition coefficient (Wildman–Crippen LogP) is 6.81. The van der Waals surface area contributed by atoms with Gasteiger partial charge in [-0.15, -0.1) is 11.3 Å². The van der Waals surface area contributed by atoms with Crippen molar-refractivity contribution < 1.29 is 37.7 Å². The van der Waals surface area contributed by atoms with Gasteiger partial charge in [0.2, 0.25) is 5.76 Å². The van der Waals surface area contributed by atoms with Crippen LogP contribution in [0, 0.1) is 17.6 Å². The molecule has 2 N–H and O–H groups in total. The number of benzene rings is 2. The molecule has 41 heavy (non-hydrogen) atoms. The van der Waals surface area contributed by atoms with E-state index < -0.39 is 34.8 Å². The Morgan fingerprint density at radius 3 is 2.46 bits per heavy atom. The Kier molecular flexibility index (Phi) is 11.8. The van der Waals surface area contributed by atoms with Gasteiger partial charge in [0.25, 0.3) is 5.91 Å². The van der Waals surface area contributed by atoms with E-state index in [-0.39, 0.29) is 10.7 Å². The quantitative estimate of drug-likeness (QED) is 0.114. The molecule has 220 valence electrons. The lowest BCUT2D eigenvalue weighted by Gasteiger charge is -2.14. The third-order valence-corrected chi connectivity index (χ3v) is 7.35. The summed E-state index contributed by atoms with van der Waals surface area (Å²) in [4.78, 5) is 28.3. The first-order chi connectivity index (χ1) is 19.7. The molecule has 0 radical (unpaired) electrons. The molecule has 0 atom stereocenters. The monoisotopic (exact) mass is 588 g/mol. The van der Waals surface area contributed by atoms with E-state index in [1.54, 1.807) is 12.5 Å². The minimum absolute atomic E-state index is 0.226. The van der Waals surface area contributed by atoms with Gasteiger partial charge in [0, 0.05) is 41.4 Å². The maximum absolute atomic E-state index is 14.6. The van der Waals surface area contributed by atoms with E-state index in [2.05, 4.69) is 28.9 Å². The highest BCUT2D eigenvalue weighted by Crippen LogP contribution is 2.35. The summed E-state index contributed by atoms with van der Waals surface area (Å²) in [7, 11) is 2.66. The molecule has 0 bridgehead atoms. The number of methoxy groups -OCH3 is 2. The number of aromatic nitrogens is 1. The van der Waals surface area contributed by atoms with Crippen LogP contribution in [0.4, 0.5) is 13.9 Å². The Hall–Kier alpha value is -3.83. The van der Waals surface area contributed by atoms with Gasteiger partial charge in [0.15, 0.2) is 5.13 Å². The van der Waals surface area contributed by atoms with Crippen LogP contribution < -0.4 is 10.1 Å². The molecule has 8 nitrogen and oxygen atoms in total. The number of anilines is 1. The van der Waals surface area contributed by atoms with Gasteiger partial charge in [-0.05, 0) is 42.5 Å². The maximum Gasteiger partial charge on any atom is 0.371 e. The Bertz CT molecular complexity index is 1360. The lowest BCUT2D eigenvalue weighted by Crippen LogP contribution is -2.13. The normalized spacial score (nSPS) is 11.5. The van der Waals surface area contributed by atoms with Crippen LogP contribution in [0.15, 0.2) is 41.5 Å². The molecule has 1 aromatic heterocycles. The summed E-state index contributed by atoms with van der Waals surface area (Å²) in [6.07, 6.45) is 4.51. The Balaban J connectivity index is 1.71. The van der Waals surface area contributed by atoms with Crippen molar-refractivity contribution in [3.05, 3.63) is 69.8 Å². The van der Waals surface area contributed by atoms with E-state index in [0.717, 1.165) is 74.0 Å². The number of aliphatic carboxylic acids is 1. The van der Waals surface area contributed by atoms with Gasteiger partial charge >= 0.3 is 5.97 Å². The SMILES string of the molecule is CCC(CC)COCCCc1cccc(-c2csc(NC(=O)c3cc(F)c(/C=C(/OC)C(=O)O)c(F)c3)n2)c1OC. The second-order valence-corrected chi connectivity index (χ2v) is 10.1. The maximum atomic E-state index is 14.6. The number of rotatable bonds is 15. The van der Waals surface area contributed by atoms with Crippen LogP contribution in [-0.2, 0) is 20.7 Å². The van der Waals surface area contributed by atoms with Crippen molar-refractivity contribution in [1.29, 1.82) is 0 Å². The molecular formula is C30H34F2N2O6S. The van der Waals surface area contributed by atoms with Gasteiger partial charge < -0.3 is 19.3 Å². The first-order valence-electron chi connectivity index (χ1n) is 13.2. The zero-order chi connectivity index (χ0) is 29.9. The van der Waals surface area contributed by atoms with Crippen LogP contribution >= 0.6 is 11.3 Å². The molecule has 3 rings (SSSR count). The fraction of sp³-hybridized carbons (Fsp3) is 0.367. The minimum Gasteiger partial charge on any atom is -0.496 e. The lowest BCUT2D eigenvalue weighted by molar-refractivity contribution is -0.135. The third kappa shape index (κ3) is 8.34. The molecule has 0 aliphatic heterocycles. The van der Waals surface area contributed by atoms with Crippen molar-refractivity contribution in [1.82, 2.24) is 4.98 Å². The Morgan fingerprint density at radius 1 is 1.15 bits per heavy atom. The van der Waals surface area contributed by atoms with Crippen molar-refractivity contribution in [3.63, 3.8) is 0 Å². The van der Waals surface area contributed by atoms with Crippen molar-refractivity contribution in [2.24, 2.45) is 5.92 Å². The fourth-order valence-electron chi connectivity index (χ4n) is 4.18. The fourth-order valence-corrected chi connectivity index (χ4v) is 4.89. The molecule has 11 heteroatoms. The second kappa shape index (κ2) is 15.2. The van der Waals surface area contributed by atoms with Gasteiger partial charge in [-0.1, -0.05) is 38.8 Å². The summed E-state index contributed by atoms with van der Waals surface area (Å²) in [5.41, 5.74) is 1.40. The molecule has 3 aromatic rings. The Morgan fingerprint density at radius 2 is 1.85 bits per heavy atom. The van der Waals surface area contributed by atoms with Crippen molar-refractivity contribution in [3.8, 4) is 17.0 Å². The van der Waals surface area contributed by atoms with E-state index in [9.17, 15) is 18.4 Å². The number of carboxylic acids is 1. The highest BCUT2D eigenvalue weighted by atomic mass is 32.1. The zero-order valence-electron chi connectivity index (χ0n) is 23.5. The van der Waals surface area contributed by atoms with Crippen LogP contribution in [0.5, 0.6) is 5.75 Å². The second-order valence-electron chi connectivity index (χ2n) is 9.22. The number of para-hydroxylation sites is 1. The highest BCUT2D eigenvalue weighted by Gasteiger charge is 2.19. The van der Waals surface area contributed by atoms with Gasteiger partial charge in [-0.2, -0.15) is 0 Å². The molecule has 0 aliphatic rings. The molecule has 0 saturated carbocycles. The number of aryl methyl sites for hydroxylation is 1. The number of carbonyl (C=O) groups is 2. The van der Waals surface area contributed by atoms with E-state index in [1.165, 1.54) is 0 Å². The molecule has 0 spiro atoms. The average molecular weight is 589 g/mol. The van der Waals surface area contributed by atoms with Gasteiger partial charge in [-0.3, -0.25) is 10.1 Å². The molecule has 0 saturated heterocycles. The number of nitrogens with zero attached hydrogens (tertiary/aromatic N) is 1. The summed E-state index contributed by atoms with van der Waals surface area (Å²) in [6.45, 7) is 5.75. The Labute approximate surface area is 242 Å². The molecule has 0 unspecified atom stereocenters. The van der Waals surface area contributed by atoms with Gasteiger partial charge in [-0.25, -0.2) is 18.6 Å². The predicted molar refractivity (Wildman–Crippen MR) is 154 cm³/mol. The minimum atomic E-state index is -1.49. The number of hydrogen-bond acceptors (Lipinski definition) is 7. The van der Waals surface area contributed by atoms with Crippen molar-refractivity contribution >= 4 is 34.4 Å². The van der Waals surface area contributed by atoms with E-state index >= 15 is 0 Å². The molecule has 0 aliphatic carbocycles. The molecule has 1 heterocycles. The highest BCUT2D eigenvalue weighted by molar-refractivity contribution is 7.14. The number of amides is 1. The van der Waals surface area contributed by atoms with Crippen LogP contribution in [0.3, 0.4) is 0 Å². The summed E-state index contributed by atoms with van der Waals surface area (Å²) in [5.74, 6) is -3.90. The van der Waals surface area contributed by atoms with Crippen LogP contribution in [0.25, 0.3) is 17.3 Å². The van der Waals surface area contributed by atoms with E-state index in [0.29, 0.717) is 30.0 Å². The molecule has 1 amide bonds. The number of carbonyl (C=O) groups excluding carboxylic acids is 1. The first-order valence-corrected chi connectivity index (χ1v) is 14.1. The summed E-state index contributed by atoms with van der Waals surface area (Å²) < 4.78 is 45.3. The van der Waals surface area contributed by atoms with Gasteiger partial charge in [0.1, 0.15) is 17.4 Å². The summed E-state index contributed by atoms with van der Waals surface area (Å²) >= 11 is 1.15. The topological polar surface area (TPSA) is 107 Å². The van der Waals surface area contributed by atoms with Crippen molar-refractivity contribution in [2.75, 3.05) is 32.8 Å². The average Bonchev–Trinajstić information content (AvgIpc) is 3.42. The number of hydrogen-bond donors (Lipinski definition) is 2. The lowest BCUT2D eigenvalue weighted by atomic mass is 10.0. The smallest absolute Gasteiger partial charge is 0.371 e. The van der Waals surface area contributed by atoms with Crippen molar-refractivity contribution in [2.45, 2.75) is 39.5 Å². The summed E-state index contributed by atoms with van der Waals surface area (Å²) in [6, 6.07) is 7.40. The molecule has 2 aromatic carbocycles. The van der Waals surface area contributed by atoms with Crippen LogP contribution in [0.2, 0.25) is 0 Å². The standard InChI is InChI=1S/C30H34F2N2O6S/c1-5-18(6-2)16-40-12-8-10-19-9-7-11-21(27(19)39-4)25-17-41-30(33-25)34-28(35)20-13-23(31)22(24(32)14-20)15-26(38-3)29(36)37/h7,9,11,13-15,17-18H,5-6,8,10,12,16H2,1-4H3,(H,36,37)(H,33,34,35)/b26-15+. The van der Waals surface area contributed by atoms with E-state index in [4.69, 9.17) is 14.6 Å². The molecular weight excluding hydrogens is 554 g/mol. The number of carboxylic acid groups (broad SMARTS) is 1. The van der Waals surface area contributed by atoms with Crippen LogP contribution in [0.1, 0.15) is 54.6 Å². The van der Waals surface area contributed by atoms with Gasteiger partial charge in [0.05, 0.1) is 19.9 Å². The molecule has 0 fully saturated rings. The number of thiazole rings is 1. The number of nitrogens with one attached hydrogen (secondary N) is 1. The summed E-state index contributed by atoms with van der Waals surface area (Å²) in [5, 5.41) is 13.6.